The van der Waals surface area contributed by atoms with Gasteiger partial charge in [-0.25, -0.2) is 4.39 Å². The van der Waals surface area contributed by atoms with Crippen molar-refractivity contribution in [2.24, 2.45) is 5.92 Å². The van der Waals surface area contributed by atoms with E-state index in [2.05, 4.69) is 5.32 Å². The number of carbonyl (C=O) groups is 2. The van der Waals surface area contributed by atoms with Gasteiger partial charge in [-0.3, -0.25) is 9.59 Å². The van der Waals surface area contributed by atoms with Crippen LogP contribution in [0.5, 0.6) is 0 Å². The van der Waals surface area contributed by atoms with Gasteiger partial charge in [0.1, 0.15) is 5.82 Å². The van der Waals surface area contributed by atoms with Crippen molar-refractivity contribution in [2.75, 3.05) is 18.4 Å². The molecule has 1 heterocycles. The first-order chi connectivity index (χ1) is 12.8. The Kier molecular flexibility index (Phi) is 5.80. The Morgan fingerprint density at radius 1 is 1.15 bits per heavy atom. The van der Waals surface area contributed by atoms with Crippen molar-refractivity contribution in [3.8, 4) is 0 Å². The van der Waals surface area contributed by atoms with Gasteiger partial charge in [-0.2, -0.15) is 0 Å². The molecule has 2 aromatic carbocycles. The van der Waals surface area contributed by atoms with E-state index in [9.17, 15) is 14.0 Å². The minimum absolute atomic E-state index is 0.0564. The molecule has 2 aromatic rings. The number of halogens is 2. The van der Waals surface area contributed by atoms with Crippen LogP contribution in [0.1, 0.15) is 34.3 Å². The summed E-state index contributed by atoms with van der Waals surface area (Å²) in [7, 11) is 0. The van der Waals surface area contributed by atoms with E-state index >= 15 is 0 Å². The van der Waals surface area contributed by atoms with Crippen molar-refractivity contribution in [1.29, 1.82) is 0 Å². The van der Waals surface area contributed by atoms with Crippen LogP contribution < -0.4 is 5.32 Å². The van der Waals surface area contributed by atoms with Gasteiger partial charge in [-0.1, -0.05) is 28.8 Å². The maximum atomic E-state index is 13.2. The molecule has 0 spiro atoms. The maximum Gasteiger partial charge on any atom is 0.253 e. The van der Waals surface area contributed by atoms with E-state index in [-0.39, 0.29) is 22.8 Å². The predicted octanol–water partition coefficient (Wildman–Crippen LogP) is 4.59. The van der Waals surface area contributed by atoms with E-state index < -0.39 is 5.82 Å². The van der Waals surface area contributed by atoms with Crippen molar-refractivity contribution in [1.82, 2.24) is 4.90 Å². The largest absolute Gasteiger partial charge is 0.338 e. The molecule has 1 atom stereocenters. The van der Waals surface area contributed by atoms with Gasteiger partial charge in [0, 0.05) is 18.7 Å². The summed E-state index contributed by atoms with van der Waals surface area (Å²) in [5, 5.41) is 2.90. The molecule has 142 valence electrons. The summed E-state index contributed by atoms with van der Waals surface area (Å²) in [6.45, 7) is 4.91. The Morgan fingerprint density at radius 2 is 1.85 bits per heavy atom. The summed E-state index contributed by atoms with van der Waals surface area (Å²) >= 11 is 5.98. The summed E-state index contributed by atoms with van der Waals surface area (Å²) in [5.41, 5.74) is 3.10. The Bertz CT molecular complexity index is 864. The SMILES string of the molecule is Cc1cc(C)cc(C(=O)N2CCCC(C(=O)Nc3ccc(F)cc3Cl)C2)c1. The monoisotopic (exact) mass is 388 g/mol. The molecule has 3 rings (SSSR count). The molecule has 1 saturated heterocycles. The summed E-state index contributed by atoms with van der Waals surface area (Å²) in [4.78, 5) is 27.2. The Hall–Kier alpha value is -2.40. The van der Waals surface area contributed by atoms with Crippen molar-refractivity contribution in [3.05, 3.63) is 63.9 Å². The van der Waals surface area contributed by atoms with E-state index in [1.54, 1.807) is 4.90 Å². The Morgan fingerprint density at radius 3 is 2.52 bits per heavy atom. The average molecular weight is 389 g/mol. The van der Waals surface area contributed by atoms with E-state index in [0.717, 1.165) is 23.6 Å². The third-order valence-corrected chi connectivity index (χ3v) is 5.05. The van der Waals surface area contributed by atoms with Crippen LogP contribution in [0.15, 0.2) is 36.4 Å². The summed E-state index contributed by atoms with van der Waals surface area (Å²) in [6, 6.07) is 9.62. The van der Waals surface area contributed by atoms with Crippen molar-refractivity contribution in [3.63, 3.8) is 0 Å². The number of nitrogens with one attached hydrogen (secondary N) is 1. The normalized spacial score (nSPS) is 16.9. The molecule has 2 amide bonds. The third-order valence-electron chi connectivity index (χ3n) is 4.74. The molecular weight excluding hydrogens is 367 g/mol. The molecule has 1 fully saturated rings. The smallest absolute Gasteiger partial charge is 0.253 e. The minimum Gasteiger partial charge on any atom is -0.338 e. The highest BCUT2D eigenvalue weighted by Gasteiger charge is 2.29. The van der Waals surface area contributed by atoms with Gasteiger partial charge in [-0.05, 0) is 57.0 Å². The molecule has 27 heavy (non-hydrogen) atoms. The van der Waals surface area contributed by atoms with Crippen molar-refractivity contribution < 1.29 is 14.0 Å². The third kappa shape index (κ3) is 4.66. The van der Waals surface area contributed by atoms with Crippen molar-refractivity contribution >= 4 is 29.1 Å². The van der Waals surface area contributed by atoms with Gasteiger partial charge in [0.25, 0.3) is 5.91 Å². The summed E-state index contributed by atoms with van der Waals surface area (Å²) in [5.74, 6) is -1.05. The number of amides is 2. The van der Waals surface area contributed by atoms with E-state index in [1.807, 2.05) is 32.0 Å². The van der Waals surface area contributed by atoms with Gasteiger partial charge in [0.2, 0.25) is 5.91 Å². The lowest BCUT2D eigenvalue weighted by atomic mass is 9.96. The van der Waals surface area contributed by atoms with Crippen LogP contribution in [0.25, 0.3) is 0 Å². The first kappa shape index (κ1) is 19.4. The topological polar surface area (TPSA) is 49.4 Å². The van der Waals surface area contributed by atoms with Crippen LogP contribution >= 0.6 is 11.6 Å². The molecule has 4 nitrogen and oxygen atoms in total. The van der Waals surface area contributed by atoms with Crippen LogP contribution in [0.2, 0.25) is 5.02 Å². The second-order valence-electron chi connectivity index (χ2n) is 7.08. The lowest BCUT2D eigenvalue weighted by Gasteiger charge is -2.32. The molecular formula is C21H22ClFN2O2. The van der Waals surface area contributed by atoms with Gasteiger partial charge in [0.15, 0.2) is 0 Å². The zero-order chi connectivity index (χ0) is 19.6. The summed E-state index contributed by atoms with van der Waals surface area (Å²) in [6.07, 6.45) is 1.45. The second-order valence-corrected chi connectivity index (χ2v) is 7.49. The minimum atomic E-state index is -0.458. The molecule has 1 aliphatic heterocycles. The number of anilines is 1. The maximum absolute atomic E-state index is 13.2. The molecule has 0 aromatic heterocycles. The fraction of sp³-hybridized carbons (Fsp3) is 0.333. The number of carbonyl (C=O) groups excluding carboxylic acids is 2. The highest BCUT2D eigenvalue weighted by molar-refractivity contribution is 6.33. The lowest BCUT2D eigenvalue weighted by molar-refractivity contribution is -0.121. The van der Waals surface area contributed by atoms with E-state index in [4.69, 9.17) is 11.6 Å². The molecule has 0 saturated carbocycles. The number of benzene rings is 2. The number of nitrogens with zero attached hydrogens (tertiary/aromatic N) is 1. The number of hydrogen-bond acceptors (Lipinski definition) is 2. The molecule has 0 bridgehead atoms. The molecule has 1 unspecified atom stereocenters. The van der Waals surface area contributed by atoms with Crippen LogP contribution in [-0.4, -0.2) is 29.8 Å². The number of rotatable bonds is 3. The predicted molar refractivity (Wildman–Crippen MR) is 105 cm³/mol. The molecule has 6 heteroatoms. The molecule has 0 aliphatic carbocycles. The molecule has 0 radical (unpaired) electrons. The zero-order valence-corrected chi connectivity index (χ0v) is 16.1. The lowest BCUT2D eigenvalue weighted by Crippen LogP contribution is -2.43. The quantitative estimate of drug-likeness (QED) is 0.836. The van der Waals surface area contributed by atoms with Gasteiger partial charge in [-0.15, -0.1) is 0 Å². The van der Waals surface area contributed by atoms with Crippen LogP contribution in [0, 0.1) is 25.6 Å². The highest BCUT2D eigenvalue weighted by atomic mass is 35.5. The number of likely N-dealkylation sites (tertiary alicyclic amines) is 1. The van der Waals surface area contributed by atoms with E-state index in [0.29, 0.717) is 30.8 Å². The Labute approximate surface area is 163 Å². The van der Waals surface area contributed by atoms with Crippen LogP contribution in [-0.2, 0) is 4.79 Å². The Balaban J connectivity index is 1.69. The van der Waals surface area contributed by atoms with Crippen LogP contribution in [0.4, 0.5) is 10.1 Å². The number of aryl methyl sites for hydroxylation is 2. The van der Waals surface area contributed by atoms with Crippen molar-refractivity contribution in [2.45, 2.75) is 26.7 Å². The molecule has 1 aliphatic rings. The number of hydrogen-bond donors (Lipinski definition) is 1. The fourth-order valence-electron chi connectivity index (χ4n) is 3.48. The first-order valence-electron chi connectivity index (χ1n) is 8.97. The van der Waals surface area contributed by atoms with E-state index in [1.165, 1.54) is 12.1 Å². The number of piperidine rings is 1. The standard InChI is InChI=1S/C21H22ClFN2O2/c1-13-8-14(2)10-16(9-13)21(27)25-7-3-4-15(12-25)20(26)24-19-6-5-17(23)11-18(19)22/h5-6,8-11,15H,3-4,7,12H2,1-2H3,(H,24,26). The van der Waals surface area contributed by atoms with Gasteiger partial charge >= 0.3 is 0 Å². The highest BCUT2D eigenvalue weighted by Crippen LogP contribution is 2.25. The van der Waals surface area contributed by atoms with Gasteiger partial charge < -0.3 is 10.2 Å². The molecule has 1 N–H and O–H groups in total. The summed E-state index contributed by atoms with van der Waals surface area (Å²) < 4.78 is 13.2. The first-order valence-corrected chi connectivity index (χ1v) is 9.35. The van der Waals surface area contributed by atoms with Gasteiger partial charge in [0.05, 0.1) is 16.6 Å². The van der Waals surface area contributed by atoms with Crippen LogP contribution in [0.3, 0.4) is 0 Å². The fourth-order valence-corrected chi connectivity index (χ4v) is 3.70. The second kappa shape index (κ2) is 8.09. The average Bonchev–Trinajstić information content (AvgIpc) is 2.62. The zero-order valence-electron chi connectivity index (χ0n) is 15.4.